The van der Waals surface area contributed by atoms with Gasteiger partial charge in [0.05, 0.1) is 7.11 Å². The predicted octanol–water partition coefficient (Wildman–Crippen LogP) is 3.10. The molecule has 1 saturated carbocycles. The normalized spacial score (nSPS) is 27.3. The molecule has 21 heavy (non-hydrogen) atoms. The molecule has 122 valence electrons. The van der Waals surface area contributed by atoms with Crippen LogP contribution in [-0.2, 0) is 14.3 Å². The number of methoxy groups -OCH3 is 1. The highest BCUT2D eigenvalue weighted by atomic mass is 16.5. The lowest BCUT2D eigenvalue weighted by atomic mass is 9.69. The number of hydrogen-bond donors (Lipinski definition) is 0. The van der Waals surface area contributed by atoms with E-state index >= 15 is 0 Å². The number of nitrogens with zero attached hydrogens (tertiary/aromatic N) is 1. The minimum absolute atomic E-state index is 0.0393. The molecule has 1 amide bonds. The third-order valence-corrected chi connectivity index (χ3v) is 5.01. The quantitative estimate of drug-likeness (QED) is 0.733. The highest BCUT2D eigenvalue weighted by molar-refractivity contribution is 5.85. The van der Waals surface area contributed by atoms with E-state index in [1.54, 1.807) is 11.9 Å². The average molecular weight is 297 g/mol. The Morgan fingerprint density at radius 1 is 1.29 bits per heavy atom. The highest BCUT2D eigenvalue weighted by Gasteiger charge is 2.39. The summed E-state index contributed by atoms with van der Waals surface area (Å²) in [6.07, 6.45) is 3.83. The molecule has 0 aromatic heterocycles. The summed E-state index contributed by atoms with van der Waals surface area (Å²) in [6, 6.07) is -0.465. The minimum Gasteiger partial charge on any atom is -0.467 e. The molecule has 0 aromatic rings. The SMILES string of the molecule is CC[C@H](C(=O)OC)N(C)C(=O)[C@@H]1C[C@H](C)CC[C@H]1C(C)C. The zero-order chi connectivity index (χ0) is 16.2. The van der Waals surface area contributed by atoms with E-state index in [4.69, 9.17) is 4.74 Å². The van der Waals surface area contributed by atoms with Gasteiger partial charge in [-0.25, -0.2) is 4.79 Å². The van der Waals surface area contributed by atoms with Crippen LogP contribution in [0.25, 0.3) is 0 Å². The largest absolute Gasteiger partial charge is 0.467 e. The van der Waals surface area contributed by atoms with Crippen molar-refractivity contribution in [3.05, 3.63) is 0 Å². The topological polar surface area (TPSA) is 46.6 Å². The summed E-state index contributed by atoms with van der Waals surface area (Å²) in [7, 11) is 3.12. The van der Waals surface area contributed by atoms with E-state index in [0.717, 1.165) is 12.8 Å². The second-order valence-corrected chi connectivity index (χ2v) is 6.83. The molecule has 0 heterocycles. The van der Waals surface area contributed by atoms with Gasteiger partial charge in [-0.15, -0.1) is 0 Å². The first-order valence-electron chi connectivity index (χ1n) is 8.17. The van der Waals surface area contributed by atoms with Crippen molar-refractivity contribution in [2.75, 3.05) is 14.2 Å². The molecule has 0 N–H and O–H groups in total. The zero-order valence-corrected chi connectivity index (χ0v) is 14.4. The number of amides is 1. The summed E-state index contributed by atoms with van der Waals surface area (Å²) in [6.45, 7) is 8.51. The Morgan fingerprint density at radius 2 is 1.90 bits per heavy atom. The van der Waals surface area contributed by atoms with Crippen molar-refractivity contribution in [1.29, 1.82) is 0 Å². The van der Waals surface area contributed by atoms with Gasteiger partial charge in [-0.2, -0.15) is 0 Å². The fraction of sp³-hybridized carbons (Fsp3) is 0.882. The summed E-state index contributed by atoms with van der Waals surface area (Å²) in [5.74, 6) is 1.33. The molecule has 1 fully saturated rings. The molecule has 0 spiro atoms. The number of rotatable bonds is 5. The van der Waals surface area contributed by atoms with E-state index in [9.17, 15) is 9.59 Å². The number of likely N-dealkylation sites (N-methyl/N-ethyl adjacent to an activating group) is 1. The molecule has 1 rings (SSSR count). The zero-order valence-electron chi connectivity index (χ0n) is 14.4. The third kappa shape index (κ3) is 4.21. The molecule has 4 nitrogen and oxygen atoms in total. The van der Waals surface area contributed by atoms with Crippen LogP contribution in [0.3, 0.4) is 0 Å². The van der Waals surface area contributed by atoms with Crippen LogP contribution in [0.4, 0.5) is 0 Å². The Balaban J connectivity index is 2.89. The molecule has 4 heteroatoms. The van der Waals surface area contributed by atoms with Gasteiger partial charge in [0.15, 0.2) is 0 Å². The van der Waals surface area contributed by atoms with Crippen LogP contribution in [0.2, 0.25) is 0 Å². The van der Waals surface area contributed by atoms with Crippen molar-refractivity contribution in [1.82, 2.24) is 4.90 Å². The summed E-state index contributed by atoms with van der Waals surface area (Å²) < 4.78 is 4.82. The summed E-state index contributed by atoms with van der Waals surface area (Å²) in [5, 5.41) is 0. The molecule has 0 aromatic carbocycles. The van der Waals surface area contributed by atoms with Crippen molar-refractivity contribution in [2.24, 2.45) is 23.7 Å². The van der Waals surface area contributed by atoms with Crippen LogP contribution in [-0.4, -0.2) is 37.0 Å². The fourth-order valence-electron chi connectivity index (χ4n) is 3.64. The number of ether oxygens (including phenoxy) is 1. The van der Waals surface area contributed by atoms with Crippen molar-refractivity contribution >= 4 is 11.9 Å². The summed E-state index contributed by atoms with van der Waals surface area (Å²) in [4.78, 5) is 26.3. The van der Waals surface area contributed by atoms with Gasteiger partial charge in [0.1, 0.15) is 6.04 Å². The van der Waals surface area contributed by atoms with Gasteiger partial charge in [0.2, 0.25) is 5.91 Å². The lowest BCUT2D eigenvalue weighted by Gasteiger charge is -2.39. The highest BCUT2D eigenvalue weighted by Crippen LogP contribution is 2.39. The van der Waals surface area contributed by atoms with Gasteiger partial charge in [0.25, 0.3) is 0 Å². The first-order chi connectivity index (χ1) is 9.83. The summed E-state index contributed by atoms with van der Waals surface area (Å²) in [5.41, 5.74) is 0. The fourth-order valence-corrected chi connectivity index (χ4v) is 3.64. The average Bonchev–Trinajstić information content (AvgIpc) is 2.46. The van der Waals surface area contributed by atoms with Crippen LogP contribution in [0.15, 0.2) is 0 Å². The van der Waals surface area contributed by atoms with Gasteiger partial charge in [-0.3, -0.25) is 4.79 Å². The Labute approximate surface area is 129 Å². The van der Waals surface area contributed by atoms with E-state index in [-0.39, 0.29) is 17.8 Å². The van der Waals surface area contributed by atoms with Crippen LogP contribution >= 0.6 is 0 Å². The van der Waals surface area contributed by atoms with Crippen molar-refractivity contribution in [3.8, 4) is 0 Å². The van der Waals surface area contributed by atoms with E-state index < -0.39 is 6.04 Å². The molecule has 0 aliphatic heterocycles. The first-order valence-corrected chi connectivity index (χ1v) is 8.17. The Morgan fingerprint density at radius 3 is 2.38 bits per heavy atom. The van der Waals surface area contributed by atoms with Gasteiger partial charge in [0, 0.05) is 13.0 Å². The first kappa shape index (κ1) is 18.0. The van der Waals surface area contributed by atoms with Crippen LogP contribution in [0.5, 0.6) is 0 Å². The molecular formula is C17H31NO3. The molecule has 0 radical (unpaired) electrons. The number of esters is 1. The lowest BCUT2D eigenvalue weighted by molar-refractivity contribution is -0.155. The second-order valence-electron chi connectivity index (χ2n) is 6.83. The predicted molar refractivity (Wildman–Crippen MR) is 83.7 cm³/mol. The lowest BCUT2D eigenvalue weighted by Crippen LogP contribution is -2.48. The molecule has 1 aliphatic carbocycles. The molecule has 4 atom stereocenters. The van der Waals surface area contributed by atoms with Crippen LogP contribution in [0.1, 0.15) is 53.4 Å². The maximum absolute atomic E-state index is 12.9. The Kier molecular flexibility index (Phi) is 6.69. The maximum atomic E-state index is 12.9. The second kappa shape index (κ2) is 7.81. The van der Waals surface area contributed by atoms with Crippen molar-refractivity contribution in [3.63, 3.8) is 0 Å². The monoisotopic (exact) mass is 297 g/mol. The smallest absolute Gasteiger partial charge is 0.328 e. The standard InChI is InChI=1S/C17H31NO3/c1-7-15(17(20)21-6)18(5)16(19)14-10-12(4)8-9-13(14)11(2)3/h11-15H,7-10H2,1-6H3/t12-,13+,14-,15-/m1/s1. The van der Waals surface area contributed by atoms with Gasteiger partial charge in [-0.1, -0.05) is 34.1 Å². The van der Waals surface area contributed by atoms with Gasteiger partial charge < -0.3 is 9.64 Å². The molecule has 0 bridgehead atoms. The van der Waals surface area contributed by atoms with Gasteiger partial charge >= 0.3 is 5.97 Å². The van der Waals surface area contributed by atoms with E-state index in [1.165, 1.54) is 13.5 Å². The van der Waals surface area contributed by atoms with E-state index in [1.807, 2.05) is 6.92 Å². The number of carbonyl (C=O) groups is 2. The molecular weight excluding hydrogens is 266 g/mol. The van der Waals surface area contributed by atoms with Gasteiger partial charge in [-0.05, 0) is 37.0 Å². The minimum atomic E-state index is -0.465. The Hall–Kier alpha value is -1.06. The summed E-state index contributed by atoms with van der Waals surface area (Å²) >= 11 is 0. The van der Waals surface area contributed by atoms with E-state index in [0.29, 0.717) is 24.2 Å². The molecule has 0 saturated heterocycles. The third-order valence-electron chi connectivity index (χ3n) is 5.01. The van der Waals surface area contributed by atoms with Crippen molar-refractivity contribution < 1.29 is 14.3 Å². The molecule has 1 aliphatic rings. The molecule has 0 unspecified atom stereocenters. The van der Waals surface area contributed by atoms with Crippen molar-refractivity contribution in [2.45, 2.75) is 59.4 Å². The van der Waals surface area contributed by atoms with Crippen LogP contribution in [0, 0.1) is 23.7 Å². The number of carbonyl (C=O) groups excluding carboxylic acids is 2. The van der Waals surface area contributed by atoms with Crippen LogP contribution < -0.4 is 0 Å². The Bertz CT molecular complexity index is 367. The van der Waals surface area contributed by atoms with E-state index in [2.05, 4.69) is 20.8 Å². The number of hydrogen-bond acceptors (Lipinski definition) is 3. The maximum Gasteiger partial charge on any atom is 0.328 e.